The summed E-state index contributed by atoms with van der Waals surface area (Å²) in [5, 5.41) is 0. The minimum atomic E-state index is 0.607. The van der Waals surface area contributed by atoms with E-state index in [0.717, 1.165) is 5.57 Å². The fraction of sp³-hybridized carbons (Fsp3) is 0.333. The van der Waals surface area contributed by atoms with E-state index in [2.05, 4.69) is 13.2 Å². The maximum atomic E-state index is 4.95. The Morgan fingerprint density at radius 2 is 1.85 bits per heavy atom. The average Bonchev–Trinajstić information content (AvgIpc) is 2.18. The van der Waals surface area contributed by atoms with E-state index in [-0.39, 0.29) is 0 Å². The number of ether oxygens (including phenoxy) is 1. The third-order valence-corrected chi connectivity index (χ3v) is 1.09. The molecule has 0 aliphatic carbocycles. The fourth-order valence-electron chi connectivity index (χ4n) is 0.661. The molecule has 0 fully saturated rings. The van der Waals surface area contributed by atoms with Gasteiger partial charge in [0.1, 0.15) is 0 Å². The largest absolute Gasteiger partial charge is 0.380 e. The predicted octanol–water partition coefficient (Wildman–Crippen LogP) is 3.51. The highest BCUT2D eigenvalue weighted by atomic mass is 16.5. The van der Waals surface area contributed by atoms with Crippen molar-refractivity contribution < 1.29 is 4.74 Å². The molecule has 1 nitrogen and oxygen atoms in total. The van der Waals surface area contributed by atoms with Crippen LogP contribution < -0.4 is 0 Å². The Hall–Kier alpha value is -1.08. The lowest BCUT2D eigenvalue weighted by Gasteiger charge is -1.96. The summed E-state index contributed by atoms with van der Waals surface area (Å²) in [5.74, 6) is 0. The van der Waals surface area contributed by atoms with Crippen LogP contribution in [-0.4, -0.2) is 13.7 Å². The minimum Gasteiger partial charge on any atom is -0.380 e. The second kappa shape index (κ2) is 13.5. The van der Waals surface area contributed by atoms with E-state index in [1.807, 2.05) is 32.1 Å². The highest BCUT2D eigenvalue weighted by Gasteiger charge is 1.86. The van der Waals surface area contributed by atoms with Crippen molar-refractivity contribution in [2.45, 2.75) is 13.8 Å². The van der Waals surface area contributed by atoms with Crippen molar-refractivity contribution in [3.63, 3.8) is 0 Å². The second-order valence-corrected chi connectivity index (χ2v) is 2.01. The van der Waals surface area contributed by atoms with E-state index >= 15 is 0 Å². The molecule has 0 aromatic carbocycles. The van der Waals surface area contributed by atoms with Gasteiger partial charge in [-0.3, -0.25) is 0 Å². The molecule has 0 atom stereocenters. The first-order valence-electron chi connectivity index (χ1n) is 4.44. The molecule has 0 rings (SSSR count). The third kappa shape index (κ3) is 10.9. The average molecular weight is 180 g/mol. The van der Waals surface area contributed by atoms with Crippen LogP contribution in [0.4, 0.5) is 0 Å². The molecule has 0 aromatic heterocycles. The van der Waals surface area contributed by atoms with Crippen LogP contribution in [0.2, 0.25) is 0 Å². The molecule has 0 saturated heterocycles. The van der Waals surface area contributed by atoms with Crippen molar-refractivity contribution in [1.29, 1.82) is 0 Å². The highest BCUT2D eigenvalue weighted by molar-refractivity contribution is 5.25. The molecule has 74 valence electrons. The van der Waals surface area contributed by atoms with Gasteiger partial charge in [-0.25, -0.2) is 0 Å². The quantitative estimate of drug-likeness (QED) is 0.588. The molecular formula is C12H20O. The zero-order chi connectivity index (χ0) is 10.5. The smallest absolute Gasteiger partial charge is 0.0713 e. The Bertz CT molecular complexity index is 176. The summed E-state index contributed by atoms with van der Waals surface area (Å²) in [4.78, 5) is 0. The summed E-state index contributed by atoms with van der Waals surface area (Å²) < 4.78 is 4.95. The van der Waals surface area contributed by atoms with E-state index in [1.165, 1.54) is 0 Å². The van der Waals surface area contributed by atoms with Crippen LogP contribution >= 0.6 is 0 Å². The maximum Gasteiger partial charge on any atom is 0.0713 e. The van der Waals surface area contributed by atoms with Crippen molar-refractivity contribution in [3.05, 3.63) is 49.1 Å². The molecule has 0 radical (unpaired) electrons. The molecule has 0 aliphatic heterocycles. The predicted molar refractivity (Wildman–Crippen MR) is 60.8 cm³/mol. The van der Waals surface area contributed by atoms with Gasteiger partial charge in [0.25, 0.3) is 0 Å². The number of rotatable bonds is 5. The van der Waals surface area contributed by atoms with Crippen molar-refractivity contribution in [2.24, 2.45) is 0 Å². The topological polar surface area (TPSA) is 9.23 Å². The molecule has 0 spiro atoms. The first-order chi connectivity index (χ1) is 6.35. The van der Waals surface area contributed by atoms with Gasteiger partial charge < -0.3 is 4.74 Å². The van der Waals surface area contributed by atoms with E-state index in [4.69, 9.17) is 4.74 Å². The number of hydrogen-bond acceptors (Lipinski definition) is 1. The highest BCUT2D eigenvalue weighted by Crippen LogP contribution is 1.97. The molecular weight excluding hydrogens is 160 g/mol. The van der Waals surface area contributed by atoms with Crippen LogP contribution in [0.5, 0.6) is 0 Å². The van der Waals surface area contributed by atoms with Crippen molar-refractivity contribution in [3.8, 4) is 0 Å². The number of hydrogen-bond donors (Lipinski definition) is 0. The Morgan fingerprint density at radius 3 is 2.23 bits per heavy atom. The van der Waals surface area contributed by atoms with Gasteiger partial charge >= 0.3 is 0 Å². The third-order valence-electron chi connectivity index (χ3n) is 1.09. The number of methoxy groups -OCH3 is 1. The van der Waals surface area contributed by atoms with Crippen molar-refractivity contribution in [2.75, 3.05) is 13.7 Å². The van der Waals surface area contributed by atoms with Gasteiger partial charge in [-0.2, -0.15) is 0 Å². The Labute approximate surface area is 82.1 Å². The summed E-state index contributed by atoms with van der Waals surface area (Å²) in [5.41, 5.74) is 1.09. The lowest BCUT2D eigenvalue weighted by molar-refractivity contribution is 0.228. The molecule has 0 saturated carbocycles. The first kappa shape index (κ1) is 14.4. The fourth-order valence-corrected chi connectivity index (χ4v) is 0.661. The molecule has 0 bridgehead atoms. The van der Waals surface area contributed by atoms with Crippen LogP contribution in [-0.2, 0) is 4.74 Å². The number of allylic oxidation sites excluding steroid dienone is 4. The van der Waals surface area contributed by atoms with Crippen LogP contribution in [0.3, 0.4) is 0 Å². The monoisotopic (exact) mass is 180 g/mol. The van der Waals surface area contributed by atoms with Gasteiger partial charge in [0.2, 0.25) is 0 Å². The summed E-state index contributed by atoms with van der Waals surface area (Å²) in [6.07, 6.45) is 9.18. The zero-order valence-corrected chi connectivity index (χ0v) is 8.92. The molecule has 13 heavy (non-hydrogen) atoms. The molecule has 0 unspecified atom stereocenters. The summed E-state index contributed by atoms with van der Waals surface area (Å²) in [6, 6.07) is 0. The van der Waals surface area contributed by atoms with Crippen LogP contribution in [0.25, 0.3) is 0 Å². The van der Waals surface area contributed by atoms with Crippen LogP contribution in [0, 0.1) is 0 Å². The minimum absolute atomic E-state index is 0.607. The molecule has 0 amide bonds. The van der Waals surface area contributed by atoms with E-state index in [1.54, 1.807) is 19.3 Å². The first-order valence-corrected chi connectivity index (χ1v) is 4.44. The van der Waals surface area contributed by atoms with Crippen LogP contribution in [0.1, 0.15) is 13.8 Å². The van der Waals surface area contributed by atoms with Gasteiger partial charge in [0, 0.05) is 7.11 Å². The van der Waals surface area contributed by atoms with E-state index < -0.39 is 0 Å². The molecule has 1 heteroatoms. The van der Waals surface area contributed by atoms with Crippen molar-refractivity contribution in [1.82, 2.24) is 0 Å². The maximum absolute atomic E-state index is 4.95. The standard InChI is InChI=1S/C10H14O.C2H6/c1-4-6-8-10(7-5-2)9-11-3;1-2/h4-8H,1-2,9H2,3H3;1-2H3/b8-6-,10-7+;. The second-order valence-electron chi connectivity index (χ2n) is 2.01. The zero-order valence-electron chi connectivity index (χ0n) is 8.92. The van der Waals surface area contributed by atoms with Gasteiger partial charge in [0.05, 0.1) is 6.61 Å². The van der Waals surface area contributed by atoms with E-state index in [0.29, 0.717) is 6.61 Å². The van der Waals surface area contributed by atoms with Gasteiger partial charge in [0.15, 0.2) is 0 Å². The Kier molecular flexibility index (Phi) is 15.0. The van der Waals surface area contributed by atoms with Gasteiger partial charge in [-0.05, 0) is 5.57 Å². The van der Waals surface area contributed by atoms with E-state index in [9.17, 15) is 0 Å². The molecule has 0 N–H and O–H groups in total. The van der Waals surface area contributed by atoms with Crippen molar-refractivity contribution >= 4 is 0 Å². The van der Waals surface area contributed by atoms with Gasteiger partial charge in [-0.15, -0.1) is 0 Å². The molecule has 0 heterocycles. The lowest BCUT2D eigenvalue weighted by Crippen LogP contribution is -1.89. The molecule has 0 aliphatic rings. The molecule has 0 aromatic rings. The SMILES string of the molecule is C=C/C=C\C(=C/C=C)COC.CC. The summed E-state index contributed by atoms with van der Waals surface area (Å²) in [6.45, 7) is 11.8. The van der Waals surface area contributed by atoms with Crippen LogP contribution in [0.15, 0.2) is 49.1 Å². The summed E-state index contributed by atoms with van der Waals surface area (Å²) in [7, 11) is 1.67. The summed E-state index contributed by atoms with van der Waals surface area (Å²) >= 11 is 0. The Balaban J connectivity index is 0. The normalized spacial score (nSPS) is 10.5. The van der Waals surface area contributed by atoms with Gasteiger partial charge in [-0.1, -0.05) is 57.4 Å². The Morgan fingerprint density at radius 1 is 1.23 bits per heavy atom. The lowest BCUT2D eigenvalue weighted by atomic mass is 10.2.